The second-order valence-corrected chi connectivity index (χ2v) is 4.84. The van der Waals surface area contributed by atoms with E-state index in [0.717, 1.165) is 0 Å². The Balaban J connectivity index is 2.55. The molecule has 1 aromatic rings. The Hall–Kier alpha value is -1.02. The van der Waals surface area contributed by atoms with E-state index >= 15 is 0 Å². The molecule has 1 amide bonds. The second-order valence-electron chi connectivity index (χ2n) is 4.47. The van der Waals surface area contributed by atoms with E-state index < -0.39 is 0 Å². The third kappa shape index (κ3) is 3.86. The standard InChI is InChI=1S/C13H18ClNO/c1-13(2,10-15-12(16)8-9-14)11-6-4-3-5-7-11/h3-7H,8-10H2,1-2H3,(H,15,16). The Bertz CT molecular complexity index is 335. The van der Waals surface area contributed by atoms with E-state index in [2.05, 4.69) is 31.3 Å². The lowest BCUT2D eigenvalue weighted by molar-refractivity contribution is -0.120. The molecule has 0 heterocycles. The van der Waals surface area contributed by atoms with E-state index in [0.29, 0.717) is 18.8 Å². The molecule has 0 fully saturated rings. The van der Waals surface area contributed by atoms with Gasteiger partial charge in [-0.3, -0.25) is 4.79 Å². The van der Waals surface area contributed by atoms with Crippen LogP contribution in [0.25, 0.3) is 0 Å². The van der Waals surface area contributed by atoms with Crippen LogP contribution in [0.1, 0.15) is 25.8 Å². The maximum absolute atomic E-state index is 11.3. The van der Waals surface area contributed by atoms with Crippen LogP contribution in [0.5, 0.6) is 0 Å². The third-order valence-corrected chi connectivity index (χ3v) is 2.79. The third-order valence-electron chi connectivity index (χ3n) is 2.60. The molecule has 2 nitrogen and oxygen atoms in total. The van der Waals surface area contributed by atoms with E-state index in [4.69, 9.17) is 11.6 Å². The molecule has 0 saturated heterocycles. The minimum atomic E-state index is -0.0523. The number of rotatable bonds is 5. The fraction of sp³-hybridized carbons (Fsp3) is 0.462. The van der Waals surface area contributed by atoms with Crippen molar-refractivity contribution in [2.75, 3.05) is 12.4 Å². The Morgan fingerprint density at radius 3 is 2.50 bits per heavy atom. The van der Waals surface area contributed by atoms with Crippen molar-refractivity contribution in [1.82, 2.24) is 5.32 Å². The number of halogens is 1. The maximum atomic E-state index is 11.3. The summed E-state index contributed by atoms with van der Waals surface area (Å²) < 4.78 is 0. The van der Waals surface area contributed by atoms with Crippen LogP contribution >= 0.6 is 11.6 Å². The Morgan fingerprint density at radius 1 is 1.31 bits per heavy atom. The molecule has 0 aliphatic heterocycles. The number of benzene rings is 1. The van der Waals surface area contributed by atoms with Crippen LogP contribution in [0, 0.1) is 0 Å². The molecule has 0 aromatic heterocycles. The van der Waals surface area contributed by atoms with E-state index in [1.54, 1.807) is 0 Å². The van der Waals surface area contributed by atoms with E-state index in [1.807, 2.05) is 18.2 Å². The zero-order valence-electron chi connectivity index (χ0n) is 9.79. The fourth-order valence-electron chi connectivity index (χ4n) is 1.49. The first-order valence-corrected chi connectivity index (χ1v) is 5.98. The van der Waals surface area contributed by atoms with Gasteiger partial charge in [0.15, 0.2) is 0 Å². The van der Waals surface area contributed by atoms with Crippen molar-refractivity contribution >= 4 is 17.5 Å². The molecule has 0 aliphatic carbocycles. The minimum absolute atomic E-state index is 0.0130. The van der Waals surface area contributed by atoms with Gasteiger partial charge in [0, 0.05) is 24.3 Å². The summed E-state index contributed by atoms with van der Waals surface area (Å²) in [5, 5.41) is 2.90. The molecule has 16 heavy (non-hydrogen) atoms. The van der Waals surface area contributed by atoms with Gasteiger partial charge in [-0.15, -0.1) is 11.6 Å². The molecule has 0 aliphatic rings. The number of amides is 1. The van der Waals surface area contributed by atoms with Crippen LogP contribution in [0.3, 0.4) is 0 Å². The molecule has 0 radical (unpaired) electrons. The summed E-state index contributed by atoms with van der Waals surface area (Å²) in [6.07, 6.45) is 0.381. The van der Waals surface area contributed by atoms with Gasteiger partial charge in [0.05, 0.1) is 0 Å². The lowest BCUT2D eigenvalue weighted by atomic mass is 9.84. The largest absolute Gasteiger partial charge is 0.355 e. The topological polar surface area (TPSA) is 29.1 Å². The molecule has 0 atom stereocenters. The van der Waals surface area contributed by atoms with Crippen LogP contribution in [0.4, 0.5) is 0 Å². The normalized spacial score (nSPS) is 11.2. The van der Waals surface area contributed by atoms with Gasteiger partial charge in [-0.2, -0.15) is 0 Å². The number of hydrogen-bond acceptors (Lipinski definition) is 1. The summed E-state index contributed by atoms with van der Waals surface area (Å²) in [5.41, 5.74) is 1.17. The fourth-order valence-corrected chi connectivity index (χ4v) is 1.66. The van der Waals surface area contributed by atoms with Crippen molar-refractivity contribution in [2.45, 2.75) is 25.7 Å². The summed E-state index contributed by atoms with van der Waals surface area (Å²) in [6.45, 7) is 4.86. The SMILES string of the molecule is CC(C)(CNC(=O)CCCl)c1ccccc1. The van der Waals surface area contributed by atoms with Gasteiger partial charge < -0.3 is 5.32 Å². The molecule has 1 aromatic carbocycles. The van der Waals surface area contributed by atoms with Crippen LogP contribution in [0.15, 0.2) is 30.3 Å². The van der Waals surface area contributed by atoms with Gasteiger partial charge in [0.2, 0.25) is 5.91 Å². The molecule has 88 valence electrons. The summed E-state index contributed by atoms with van der Waals surface area (Å²) >= 11 is 5.50. The van der Waals surface area contributed by atoms with Gasteiger partial charge in [-0.25, -0.2) is 0 Å². The predicted molar refractivity (Wildman–Crippen MR) is 67.8 cm³/mol. The molecule has 0 unspecified atom stereocenters. The number of carbonyl (C=O) groups excluding carboxylic acids is 1. The first-order chi connectivity index (χ1) is 7.56. The summed E-state index contributed by atoms with van der Waals surface area (Å²) in [6, 6.07) is 10.2. The second kappa shape index (κ2) is 5.90. The van der Waals surface area contributed by atoms with E-state index in [-0.39, 0.29) is 11.3 Å². The highest BCUT2D eigenvalue weighted by atomic mass is 35.5. The monoisotopic (exact) mass is 239 g/mol. The average Bonchev–Trinajstić information content (AvgIpc) is 2.28. The zero-order chi connectivity index (χ0) is 12.0. The molecular formula is C13H18ClNO. The smallest absolute Gasteiger partial charge is 0.221 e. The lowest BCUT2D eigenvalue weighted by Crippen LogP contribution is -2.36. The summed E-state index contributed by atoms with van der Waals surface area (Å²) in [7, 11) is 0. The molecular weight excluding hydrogens is 222 g/mol. The number of hydrogen-bond donors (Lipinski definition) is 1. The van der Waals surface area contributed by atoms with Crippen LogP contribution in [-0.2, 0) is 10.2 Å². The van der Waals surface area contributed by atoms with Crippen molar-refractivity contribution in [3.8, 4) is 0 Å². The van der Waals surface area contributed by atoms with Crippen molar-refractivity contribution in [3.05, 3.63) is 35.9 Å². The highest BCUT2D eigenvalue weighted by Gasteiger charge is 2.20. The van der Waals surface area contributed by atoms with Gasteiger partial charge in [0.1, 0.15) is 0 Å². The first-order valence-electron chi connectivity index (χ1n) is 5.44. The van der Waals surface area contributed by atoms with Gasteiger partial charge in [-0.05, 0) is 5.56 Å². The number of carbonyl (C=O) groups is 1. The molecule has 0 spiro atoms. The Labute approximate surface area is 102 Å². The van der Waals surface area contributed by atoms with Gasteiger partial charge in [0.25, 0.3) is 0 Å². The quantitative estimate of drug-likeness (QED) is 0.787. The molecule has 3 heteroatoms. The molecule has 0 bridgehead atoms. The Morgan fingerprint density at radius 2 is 1.94 bits per heavy atom. The first kappa shape index (κ1) is 13.0. The van der Waals surface area contributed by atoms with Gasteiger partial charge in [-0.1, -0.05) is 44.2 Å². The number of nitrogens with one attached hydrogen (secondary N) is 1. The van der Waals surface area contributed by atoms with Crippen LogP contribution < -0.4 is 5.32 Å². The van der Waals surface area contributed by atoms with E-state index in [1.165, 1.54) is 5.56 Å². The van der Waals surface area contributed by atoms with Crippen LogP contribution in [-0.4, -0.2) is 18.3 Å². The maximum Gasteiger partial charge on any atom is 0.221 e. The highest BCUT2D eigenvalue weighted by molar-refractivity contribution is 6.18. The minimum Gasteiger partial charge on any atom is -0.355 e. The van der Waals surface area contributed by atoms with Crippen molar-refractivity contribution in [3.63, 3.8) is 0 Å². The predicted octanol–water partition coefficient (Wildman–Crippen LogP) is 2.71. The highest BCUT2D eigenvalue weighted by Crippen LogP contribution is 2.21. The average molecular weight is 240 g/mol. The molecule has 0 saturated carbocycles. The van der Waals surface area contributed by atoms with Crippen LogP contribution in [0.2, 0.25) is 0 Å². The van der Waals surface area contributed by atoms with E-state index in [9.17, 15) is 4.79 Å². The summed E-state index contributed by atoms with van der Waals surface area (Å²) in [4.78, 5) is 11.3. The van der Waals surface area contributed by atoms with Gasteiger partial charge >= 0.3 is 0 Å². The van der Waals surface area contributed by atoms with Crippen molar-refractivity contribution in [1.29, 1.82) is 0 Å². The zero-order valence-corrected chi connectivity index (χ0v) is 10.6. The summed E-state index contributed by atoms with van der Waals surface area (Å²) in [5.74, 6) is 0.386. The van der Waals surface area contributed by atoms with Crippen molar-refractivity contribution < 1.29 is 4.79 Å². The lowest BCUT2D eigenvalue weighted by Gasteiger charge is -2.25. The Kier molecular flexibility index (Phi) is 4.81. The molecule has 1 N–H and O–H groups in total. The van der Waals surface area contributed by atoms with Crippen molar-refractivity contribution in [2.24, 2.45) is 0 Å². The molecule has 1 rings (SSSR count). The number of alkyl halides is 1.